The fraction of sp³-hybridized carbons (Fsp3) is 0.462. The van der Waals surface area contributed by atoms with E-state index < -0.39 is 6.36 Å². The number of rotatable bonds is 5. The van der Waals surface area contributed by atoms with Gasteiger partial charge in [-0.25, -0.2) is 0 Å². The normalized spacial score (nSPS) is 13.2. The number of alkyl halides is 3. The summed E-state index contributed by atoms with van der Waals surface area (Å²) in [5, 5.41) is 2.62. The summed E-state index contributed by atoms with van der Waals surface area (Å²) in [6.07, 6.45) is -4.74. The molecule has 0 aliphatic heterocycles. The minimum absolute atomic E-state index is 0.174. The van der Waals surface area contributed by atoms with Crippen molar-refractivity contribution in [3.05, 3.63) is 29.8 Å². The highest BCUT2D eigenvalue weighted by atomic mass is 19.4. The van der Waals surface area contributed by atoms with Gasteiger partial charge in [-0.1, -0.05) is 13.8 Å². The zero-order chi connectivity index (χ0) is 15.3. The Morgan fingerprint density at radius 3 is 2.30 bits per heavy atom. The average molecular weight is 290 g/mol. The fourth-order valence-corrected chi connectivity index (χ4v) is 1.36. The third-order valence-corrected chi connectivity index (χ3v) is 2.70. The minimum atomic E-state index is -4.74. The highest BCUT2D eigenvalue weighted by molar-refractivity contribution is 5.94. The first-order chi connectivity index (χ1) is 9.19. The van der Waals surface area contributed by atoms with Gasteiger partial charge in [0.1, 0.15) is 5.75 Å². The standard InChI is InChI=1S/C13H17F3N2O2/c1-8(2)11(17)7-18-12(19)9-3-5-10(6-4-9)20-13(14,15)16/h3-6,8,11H,7,17H2,1-2H3,(H,18,19). The van der Waals surface area contributed by atoms with Crippen LogP contribution >= 0.6 is 0 Å². The molecule has 1 aromatic rings. The predicted octanol–water partition coefficient (Wildman–Crippen LogP) is 2.30. The van der Waals surface area contributed by atoms with E-state index in [0.717, 1.165) is 12.1 Å². The van der Waals surface area contributed by atoms with Crippen molar-refractivity contribution in [1.82, 2.24) is 5.32 Å². The van der Waals surface area contributed by atoms with Crippen LogP contribution in [0.3, 0.4) is 0 Å². The molecule has 1 atom stereocenters. The Bertz CT molecular complexity index is 444. The number of ether oxygens (including phenoxy) is 1. The second-order valence-electron chi connectivity index (χ2n) is 4.69. The van der Waals surface area contributed by atoms with Gasteiger partial charge in [-0.3, -0.25) is 4.79 Å². The van der Waals surface area contributed by atoms with Gasteiger partial charge in [0.15, 0.2) is 0 Å². The van der Waals surface area contributed by atoms with Gasteiger partial charge in [0.25, 0.3) is 5.91 Å². The number of carbonyl (C=O) groups is 1. The van der Waals surface area contributed by atoms with Crippen molar-refractivity contribution in [2.45, 2.75) is 26.3 Å². The first-order valence-electron chi connectivity index (χ1n) is 6.08. The van der Waals surface area contributed by atoms with Crippen molar-refractivity contribution in [2.75, 3.05) is 6.54 Å². The maximum Gasteiger partial charge on any atom is 0.573 e. The second kappa shape index (κ2) is 6.60. The van der Waals surface area contributed by atoms with Gasteiger partial charge in [0.05, 0.1) is 0 Å². The molecule has 1 unspecified atom stereocenters. The fourth-order valence-electron chi connectivity index (χ4n) is 1.36. The summed E-state index contributed by atoms with van der Waals surface area (Å²) in [7, 11) is 0. The largest absolute Gasteiger partial charge is 0.573 e. The Hall–Kier alpha value is -1.76. The van der Waals surface area contributed by atoms with Crippen molar-refractivity contribution in [1.29, 1.82) is 0 Å². The zero-order valence-electron chi connectivity index (χ0n) is 11.2. The summed E-state index contributed by atoms with van der Waals surface area (Å²) in [6.45, 7) is 4.16. The summed E-state index contributed by atoms with van der Waals surface area (Å²) in [4.78, 5) is 11.7. The van der Waals surface area contributed by atoms with E-state index in [1.165, 1.54) is 12.1 Å². The molecule has 0 heterocycles. The summed E-state index contributed by atoms with van der Waals surface area (Å²) in [5.41, 5.74) is 6.02. The van der Waals surface area contributed by atoms with Crippen LogP contribution in [-0.2, 0) is 0 Å². The summed E-state index contributed by atoms with van der Waals surface area (Å²) in [5.74, 6) is -0.537. The smallest absolute Gasteiger partial charge is 0.406 e. The van der Waals surface area contributed by atoms with Gasteiger partial charge >= 0.3 is 6.36 Å². The molecule has 4 nitrogen and oxygen atoms in total. The molecule has 3 N–H and O–H groups in total. The topological polar surface area (TPSA) is 64.3 Å². The molecule has 0 aromatic heterocycles. The molecule has 1 amide bonds. The third kappa shape index (κ3) is 5.48. The summed E-state index contributed by atoms with van der Waals surface area (Å²) < 4.78 is 39.6. The van der Waals surface area contributed by atoms with E-state index in [0.29, 0.717) is 6.54 Å². The lowest BCUT2D eigenvalue weighted by Gasteiger charge is -2.16. The first-order valence-corrected chi connectivity index (χ1v) is 6.08. The molecule has 0 bridgehead atoms. The molecule has 112 valence electrons. The van der Waals surface area contributed by atoms with Crippen LogP contribution in [0.1, 0.15) is 24.2 Å². The van der Waals surface area contributed by atoms with Gasteiger partial charge in [-0.05, 0) is 30.2 Å². The molecular formula is C13H17F3N2O2. The maximum atomic E-state index is 12.0. The van der Waals surface area contributed by atoms with E-state index in [1.54, 1.807) is 0 Å². The second-order valence-corrected chi connectivity index (χ2v) is 4.69. The number of carbonyl (C=O) groups excluding carboxylic acids is 1. The van der Waals surface area contributed by atoms with Gasteiger partial charge < -0.3 is 15.8 Å². The van der Waals surface area contributed by atoms with Crippen LogP contribution in [0, 0.1) is 5.92 Å². The van der Waals surface area contributed by atoms with Crippen molar-refractivity contribution in [3.8, 4) is 5.75 Å². The summed E-state index contributed by atoms with van der Waals surface area (Å²) in [6, 6.07) is 4.52. The SMILES string of the molecule is CC(C)C(N)CNC(=O)c1ccc(OC(F)(F)F)cc1. The molecule has 1 rings (SSSR count). The predicted molar refractivity (Wildman–Crippen MR) is 68.3 cm³/mol. The Labute approximate surface area is 115 Å². The third-order valence-electron chi connectivity index (χ3n) is 2.70. The Kier molecular flexibility index (Phi) is 5.38. The van der Waals surface area contributed by atoms with Crippen LogP contribution < -0.4 is 15.8 Å². The Balaban J connectivity index is 2.58. The van der Waals surface area contributed by atoms with Crippen molar-refractivity contribution < 1.29 is 22.7 Å². The van der Waals surface area contributed by atoms with E-state index >= 15 is 0 Å². The number of amides is 1. The van der Waals surface area contributed by atoms with E-state index in [4.69, 9.17) is 5.73 Å². The van der Waals surface area contributed by atoms with Crippen LogP contribution in [0.2, 0.25) is 0 Å². The highest BCUT2D eigenvalue weighted by Crippen LogP contribution is 2.22. The van der Waals surface area contributed by atoms with E-state index in [-0.39, 0.29) is 29.2 Å². The van der Waals surface area contributed by atoms with Crippen molar-refractivity contribution >= 4 is 5.91 Å². The number of nitrogens with one attached hydrogen (secondary N) is 1. The van der Waals surface area contributed by atoms with Gasteiger partial charge in [-0.15, -0.1) is 13.2 Å². The van der Waals surface area contributed by atoms with Gasteiger partial charge in [-0.2, -0.15) is 0 Å². The molecule has 0 saturated heterocycles. The number of benzene rings is 1. The quantitative estimate of drug-likeness (QED) is 0.874. The molecule has 0 spiro atoms. The minimum Gasteiger partial charge on any atom is -0.406 e. The number of nitrogens with two attached hydrogens (primary N) is 1. The van der Waals surface area contributed by atoms with E-state index in [1.807, 2.05) is 13.8 Å². The zero-order valence-corrected chi connectivity index (χ0v) is 11.2. The Morgan fingerprint density at radius 2 is 1.85 bits per heavy atom. The number of hydrogen-bond donors (Lipinski definition) is 2. The first kappa shape index (κ1) is 16.3. The van der Waals surface area contributed by atoms with Crippen LogP contribution in [0.4, 0.5) is 13.2 Å². The maximum absolute atomic E-state index is 12.0. The lowest BCUT2D eigenvalue weighted by atomic mass is 10.1. The van der Waals surface area contributed by atoms with Crippen LogP contribution in [0.15, 0.2) is 24.3 Å². The molecule has 20 heavy (non-hydrogen) atoms. The van der Waals surface area contributed by atoms with E-state index in [2.05, 4.69) is 10.1 Å². The number of hydrogen-bond acceptors (Lipinski definition) is 3. The van der Waals surface area contributed by atoms with E-state index in [9.17, 15) is 18.0 Å². The molecule has 0 aliphatic carbocycles. The lowest BCUT2D eigenvalue weighted by molar-refractivity contribution is -0.274. The van der Waals surface area contributed by atoms with Gasteiger partial charge in [0, 0.05) is 18.2 Å². The summed E-state index contributed by atoms with van der Waals surface area (Å²) >= 11 is 0. The van der Waals surface area contributed by atoms with Gasteiger partial charge in [0.2, 0.25) is 0 Å². The highest BCUT2D eigenvalue weighted by Gasteiger charge is 2.31. The van der Waals surface area contributed by atoms with Crippen molar-refractivity contribution in [2.24, 2.45) is 11.7 Å². The molecule has 1 aromatic carbocycles. The number of halogens is 3. The van der Waals surface area contributed by atoms with Crippen molar-refractivity contribution in [3.63, 3.8) is 0 Å². The molecule has 0 radical (unpaired) electrons. The molecule has 0 fully saturated rings. The Morgan fingerprint density at radius 1 is 1.30 bits per heavy atom. The lowest BCUT2D eigenvalue weighted by Crippen LogP contribution is -2.40. The average Bonchev–Trinajstić information content (AvgIpc) is 2.34. The molecule has 0 saturated carbocycles. The molecule has 7 heteroatoms. The molecular weight excluding hydrogens is 273 g/mol. The van der Waals surface area contributed by atoms with Crippen LogP contribution in [0.25, 0.3) is 0 Å². The van der Waals surface area contributed by atoms with Crippen LogP contribution in [-0.4, -0.2) is 24.9 Å². The molecule has 0 aliphatic rings. The van der Waals surface area contributed by atoms with Crippen LogP contribution in [0.5, 0.6) is 5.75 Å². The monoisotopic (exact) mass is 290 g/mol.